The fraction of sp³-hybridized carbons (Fsp3) is 0.182. The molecule has 74 valence electrons. The molecule has 1 aromatic rings. The number of anilines is 1. The Morgan fingerprint density at radius 2 is 1.87 bits per heavy atom. The van der Waals surface area contributed by atoms with Crippen LogP contribution in [0, 0.1) is 22.7 Å². The molecule has 0 aliphatic heterocycles. The van der Waals surface area contributed by atoms with Gasteiger partial charge in [-0.2, -0.15) is 10.5 Å². The van der Waals surface area contributed by atoms with Gasteiger partial charge in [0.15, 0.2) is 0 Å². The molecule has 0 spiro atoms. The SMILES string of the molecule is N#CCC(=O)Nc1ccc(CC#N)cc1. The van der Waals surface area contributed by atoms with Gasteiger partial charge in [-0.15, -0.1) is 0 Å². The largest absolute Gasteiger partial charge is 0.325 e. The van der Waals surface area contributed by atoms with Crippen LogP contribution >= 0.6 is 0 Å². The Hall–Kier alpha value is -2.33. The molecule has 0 aliphatic rings. The summed E-state index contributed by atoms with van der Waals surface area (Å²) in [6, 6.07) is 10.8. The Balaban J connectivity index is 2.62. The molecule has 0 saturated carbocycles. The highest BCUT2D eigenvalue weighted by atomic mass is 16.1. The molecule has 0 atom stereocenters. The van der Waals surface area contributed by atoms with E-state index in [4.69, 9.17) is 10.5 Å². The summed E-state index contributed by atoms with van der Waals surface area (Å²) in [6.07, 6.45) is 0.201. The molecule has 1 aromatic carbocycles. The summed E-state index contributed by atoms with van der Waals surface area (Å²) in [4.78, 5) is 11.0. The molecule has 0 aliphatic carbocycles. The lowest BCUT2D eigenvalue weighted by atomic mass is 10.1. The van der Waals surface area contributed by atoms with Crippen LogP contribution in [0.2, 0.25) is 0 Å². The van der Waals surface area contributed by atoms with Gasteiger partial charge in [-0.3, -0.25) is 4.79 Å². The number of nitrogens with one attached hydrogen (secondary N) is 1. The van der Waals surface area contributed by atoms with E-state index in [9.17, 15) is 4.79 Å². The molecular formula is C11H9N3O. The van der Waals surface area contributed by atoms with Crippen molar-refractivity contribution in [1.29, 1.82) is 10.5 Å². The Kier molecular flexibility index (Phi) is 3.88. The first kappa shape index (κ1) is 10.7. The summed E-state index contributed by atoms with van der Waals surface area (Å²) in [5.41, 5.74) is 1.53. The van der Waals surface area contributed by atoms with Crippen molar-refractivity contribution in [2.45, 2.75) is 12.8 Å². The normalized spacial score (nSPS) is 8.67. The van der Waals surface area contributed by atoms with Gasteiger partial charge in [-0.1, -0.05) is 12.1 Å². The molecule has 0 radical (unpaired) electrons. The number of nitriles is 2. The van der Waals surface area contributed by atoms with E-state index < -0.39 is 0 Å². The van der Waals surface area contributed by atoms with Gasteiger partial charge in [0.1, 0.15) is 6.42 Å². The van der Waals surface area contributed by atoms with E-state index >= 15 is 0 Å². The second kappa shape index (κ2) is 5.41. The predicted octanol–water partition coefficient (Wildman–Crippen LogP) is 1.60. The molecule has 15 heavy (non-hydrogen) atoms. The van der Waals surface area contributed by atoms with Crippen molar-refractivity contribution in [2.75, 3.05) is 5.32 Å². The minimum Gasteiger partial charge on any atom is -0.325 e. The lowest BCUT2D eigenvalue weighted by Gasteiger charge is -2.02. The van der Waals surface area contributed by atoms with Crippen LogP contribution in [0.25, 0.3) is 0 Å². The van der Waals surface area contributed by atoms with Crippen molar-refractivity contribution in [2.24, 2.45) is 0 Å². The van der Waals surface area contributed by atoms with Gasteiger partial charge >= 0.3 is 0 Å². The molecule has 1 N–H and O–H groups in total. The average molecular weight is 199 g/mol. The van der Waals surface area contributed by atoms with Gasteiger partial charge in [0, 0.05) is 5.69 Å². The van der Waals surface area contributed by atoms with Crippen LogP contribution in [0.4, 0.5) is 5.69 Å². The maximum Gasteiger partial charge on any atom is 0.238 e. The van der Waals surface area contributed by atoms with Crippen LogP contribution in [0.5, 0.6) is 0 Å². The third-order valence-corrected chi connectivity index (χ3v) is 1.76. The van der Waals surface area contributed by atoms with Crippen LogP contribution in [0.1, 0.15) is 12.0 Å². The first-order valence-electron chi connectivity index (χ1n) is 4.39. The molecule has 1 amide bonds. The Bertz CT molecular complexity index is 423. The third-order valence-electron chi connectivity index (χ3n) is 1.76. The van der Waals surface area contributed by atoms with Crippen molar-refractivity contribution >= 4 is 11.6 Å². The number of amides is 1. The van der Waals surface area contributed by atoms with E-state index in [0.717, 1.165) is 5.56 Å². The molecule has 4 heteroatoms. The van der Waals surface area contributed by atoms with E-state index in [1.807, 2.05) is 6.07 Å². The highest BCUT2D eigenvalue weighted by molar-refractivity contribution is 5.91. The number of carbonyl (C=O) groups is 1. The fourth-order valence-corrected chi connectivity index (χ4v) is 1.07. The summed E-state index contributed by atoms with van der Waals surface area (Å²) < 4.78 is 0. The number of hydrogen-bond donors (Lipinski definition) is 1. The zero-order chi connectivity index (χ0) is 11.1. The summed E-state index contributed by atoms with van der Waals surface area (Å²) in [5.74, 6) is -0.328. The molecule has 0 heterocycles. The minimum absolute atomic E-state index is 0.153. The van der Waals surface area contributed by atoms with E-state index in [-0.39, 0.29) is 12.3 Å². The highest BCUT2D eigenvalue weighted by Gasteiger charge is 2.00. The zero-order valence-electron chi connectivity index (χ0n) is 8.03. The average Bonchev–Trinajstić information content (AvgIpc) is 2.22. The maximum absolute atomic E-state index is 11.0. The molecular weight excluding hydrogens is 190 g/mol. The molecule has 0 saturated heterocycles. The lowest BCUT2D eigenvalue weighted by molar-refractivity contribution is -0.115. The smallest absolute Gasteiger partial charge is 0.238 e. The first-order chi connectivity index (χ1) is 7.26. The van der Waals surface area contributed by atoms with Gasteiger partial charge < -0.3 is 5.32 Å². The maximum atomic E-state index is 11.0. The van der Waals surface area contributed by atoms with Gasteiger partial charge in [0.2, 0.25) is 5.91 Å². The predicted molar refractivity (Wildman–Crippen MR) is 54.6 cm³/mol. The van der Waals surface area contributed by atoms with E-state index in [2.05, 4.69) is 5.32 Å². The van der Waals surface area contributed by atoms with Crippen molar-refractivity contribution < 1.29 is 4.79 Å². The first-order valence-corrected chi connectivity index (χ1v) is 4.39. The second-order valence-electron chi connectivity index (χ2n) is 2.91. The minimum atomic E-state index is -0.328. The third kappa shape index (κ3) is 3.50. The van der Waals surface area contributed by atoms with Crippen LogP contribution in [0.3, 0.4) is 0 Å². The second-order valence-corrected chi connectivity index (χ2v) is 2.91. The molecule has 1 rings (SSSR count). The molecule has 0 bridgehead atoms. The molecule has 0 unspecified atom stereocenters. The van der Waals surface area contributed by atoms with Crippen molar-refractivity contribution in [3.05, 3.63) is 29.8 Å². The van der Waals surface area contributed by atoms with Crippen LogP contribution < -0.4 is 5.32 Å². The van der Waals surface area contributed by atoms with Gasteiger partial charge in [-0.05, 0) is 17.7 Å². The topological polar surface area (TPSA) is 76.7 Å². The van der Waals surface area contributed by atoms with Crippen LogP contribution in [-0.4, -0.2) is 5.91 Å². The lowest BCUT2D eigenvalue weighted by Crippen LogP contribution is -2.09. The van der Waals surface area contributed by atoms with Crippen molar-refractivity contribution in [3.8, 4) is 12.1 Å². The highest BCUT2D eigenvalue weighted by Crippen LogP contribution is 2.09. The van der Waals surface area contributed by atoms with Crippen LogP contribution in [-0.2, 0) is 11.2 Å². The number of hydrogen-bond acceptors (Lipinski definition) is 3. The van der Waals surface area contributed by atoms with Gasteiger partial charge in [0.05, 0.1) is 18.6 Å². The molecule has 0 fully saturated rings. The number of rotatable bonds is 3. The Labute approximate surface area is 87.8 Å². The molecule has 4 nitrogen and oxygen atoms in total. The number of carbonyl (C=O) groups excluding carboxylic acids is 1. The Morgan fingerprint density at radius 1 is 1.20 bits per heavy atom. The standard InChI is InChI=1S/C11H9N3O/c12-7-5-9-1-3-10(4-2-9)14-11(15)6-8-13/h1-4H,5-6H2,(H,14,15). The van der Waals surface area contributed by atoms with E-state index in [1.54, 1.807) is 30.3 Å². The van der Waals surface area contributed by atoms with E-state index in [0.29, 0.717) is 12.1 Å². The number of nitrogens with zero attached hydrogens (tertiary/aromatic N) is 2. The van der Waals surface area contributed by atoms with Gasteiger partial charge in [-0.25, -0.2) is 0 Å². The van der Waals surface area contributed by atoms with Crippen LogP contribution in [0.15, 0.2) is 24.3 Å². The molecule has 0 aromatic heterocycles. The fourth-order valence-electron chi connectivity index (χ4n) is 1.07. The number of benzene rings is 1. The summed E-state index contributed by atoms with van der Waals surface area (Å²) >= 11 is 0. The summed E-state index contributed by atoms with van der Waals surface area (Å²) in [7, 11) is 0. The summed E-state index contributed by atoms with van der Waals surface area (Å²) in [6.45, 7) is 0. The van der Waals surface area contributed by atoms with Crippen molar-refractivity contribution in [3.63, 3.8) is 0 Å². The monoisotopic (exact) mass is 199 g/mol. The zero-order valence-corrected chi connectivity index (χ0v) is 8.03. The van der Waals surface area contributed by atoms with E-state index in [1.165, 1.54) is 0 Å². The summed E-state index contributed by atoms with van der Waals surface area (Å²) in [5, 5.41) is 19.3. The quantitative estimate of drug-likeness (QED) is 0.803. The van der Waals surface area contributed by atoms with Crippen molar-refractivity contribution in [1.82, 2.24) is 0 Å². The Morgan fingerprint density at radius 3 is 2.40 bits per heavy atom. The van der Waals surface area contributed by atoms with Gasteiger partial charge in [0.25, 0.3) is 0 Å².